The van der Waals surface area contributed by atoms with E-state index in [1.165, 1.54) is 0 Å². The molecule has 0 amide bonds. The molecule has 2 heterocycles. The number of carbonyl (C=O) groups excluding carboxylic acids is 1. The van der Waals surface area contributed by atoms with Crippen LogP contribution in [-0.4, -0.2) is 15.3 Å². The van der Waals surface area contributed by atoms with Crippen LogP contribution in [-0.2, 0) is 0 Å². The lowest BCUT2D eigenvalue weighted by Gasteiger charge is -1.98. The molecule has 0 unspecified atom stereocenters. The third kappa shape index (κ3) is 1.57. The number of ketones is 1. The van der Waals surface area contributed by atoms with E-state index in [0.29, 0.717) is 0 Å². The molecule has 3 nitrogen and oxygen atoms in total. The molecule has 3 rings (SSSR count). The minimum Gasteiger partial charge on any atom is -0.294 e. The minimum absolute atomic E-state index is 0.0801. The van der Waals surface area contributed by atoms with Crippen LogP contribution in [0.25, 0.3) is 16.0 Å². The number of fused-ring (bicyclic) bond motifs is 1. The molecule has 0 radical (unpaired) electrons. The third-order valence-electron chi connectivity index (χ3n) is 2.72. The molecule has 4 heteroatoms. The van der Waals surface area contributed by atoms with Gasteiger partial charge in [0.2, 0.25) is 0 Å². The Labute approximate surface area is 102 Å². The Morgan fingerprint density at radius 2 is 2.18 bits per heavy atom. The molecule has 0 aliphatic rings. The van der Waals surface area contributed by atoms with Crippen molar-refractivity contribution in [1.82, 2.24) is 9.55 Å². The van der Waals surface area contributed by atoms with Crippen LogP contribution in [0.4, 0.5) is 0 Å². The minimum atomic E-state index is 0.0801. The summed E-state index contributed by atoms with van der Waals surface area (Å²) in [7, 11) is 0. The predicted molar refractivity (Wildman–Crippen MR) is 69.0 cm³/mol. The smallest absolute Gasteiger partial charge is 0.193 e. The Bertz CT molecular complexity index is 683. The predicted octanol–water partition coefficient (Wildman–Crippen LogP) is 3.29. The largest absolute Gasteiger partial charge is 0.294 e. The van der Waals surface area contributed by atoms with Gasteiger partial charge in [-0.15, -0.1) is 11.3 Å². The first-order valence-electron chi connectivity index (χ1n) is 5.28. The summed E-state index contributed by atoms with van der Waals surface area (Å²) in [5.74, 6) is 0.0801. The number of hydrogen-bond donors (Lipinski definition) is 0. The van der Waals surface area contributed by atoms with Crippen LogP contribution in [0.1, 0.15) is 17.3 Å². The van der Waals surface area contributed by atoms with Crippen molar-refractivity contribution in [1.29, 1.82) is 0 Å². The highest BCUT2D eigenvalue weighted by Gasteiger charge is 2.13. The standard InChI is InChI=1S/C13H10N2OS/c1-9(16)11-8-15(13-14-6-7-17-13)12-5-3-2-4-10(11)12/h2-8H,1H3. The molecule has 0 aliphatic heterocycles. The van der Waals surface area contributed by atoms with E-state index >= 15 is 0 Å². The average Bonchev–Trinajstić information content (AvgIpc) is 2.95. The fourth-order valence-electron chi connectivity index (χ4n) is 1.95. The van der Waals surface area contributed by atoms with Crippen molar-refractivity contribution >= 4 is 28.0 Å². The molecule has 0 fully saturated rings. The van der Waals surface area contributed by atoms with Crippen LogP contribution in [0.2, 0.25) is 0 Å². The monoisotopic (exact) mass is 242 g/mol. The summed E-state index contributed by atoms with van der Waals surface area (Å²) in [6.45, 7) is 1.59. The number of nitrogens with zero attached hydrogens (tertiary/aromatic N) is 2. The number of hydrogen-bond acceptors (Lipinski definition) is 3. The lowest BCUT2D eigenvalue weighted by molar-refractivity contribution is 0.101. The van der Waals surface area contributed by atoms with E-state index in [-0.39, 0.29) is 5.78 Å². The lowest BCUT2D eigenvalue weighted by Crippen LogP contribution is -1.91. The Morgan fingerprint density at radius 3 is 2.88 bits per heavy atom. The van der Waals surface area contributed by atoms with Gasteiger partial charge in [-0.05, 0) is 13.0 Å². The van der Waals surface area contributed by atoms with Gasteiger partial charge in [-0.3, -0.25) is 9.36 Å². The van der Waals surface area contributed by atoms with Crippen LogP contribution in [0.5, 0.6) is 0 Å². The van der Waals surface area contributed by atoms with Gasteiger partial charge in [0.1, 0.15) is 0 Å². The van der Waals surface area contributed by atoms with Crippen molar-refractivity contribution in [3.05, 3.63) is 47.6 Å². The lowest BCUT2D eigenvalue weighted by atomic mass is 10.1. The van der Waals surface area contributed by atoms with Crippen LogP contribution in [0.3, 0.4) is 0 Å². The fraction of sp³-hybridized carbons (Fsp3) is 0.0769. The molecule has 0 spiro atoms. The highest BCUT2D eigenvalue weighted by molar-refractivity contribution is 7.12. The van der Waals surface area contributed by atoms with E-state index in [0.717, 1.165) is 21.6 Å². The van der Waals surface area contributed by atoms with Crippen molar-refractivity contribution in [2.75, 3.05) is 0 Å². The van der Waals surface area contributed by atoms with Gasteiger partial charge in [0.25, 0.3) is 0 Å². The maximum Gasteiger partial charge on any atom is 0.193 e. The van der Waals surface area contributed by atoms with Crippen molar-refractivity contribution in [3.63, 3.8) is 0 Å². The third-order valence-corrected chi connectivity index (χ3v) is 3.49. The fourth-order valence-corrected chi connectivity index (χ4v) is 2.58. The Kier molecular flexibility index (Phi) is 2.30. The molecule has 3 aromatic rings. The van der Waals surface area contributed by atoms with Crippen LogP contribution < -0.4 is 0 Å². The topological polar surface area (TPSA) is 34.9 Å². The maximum atomic E-state index is 11.6. The van der Waals surface area contributed by atoms with Gasteiger partial charge < -0.3 is 0 Å². The van der Waals surface area contributed by atoms with Gasteiger partial charge in [-0.1, -0.05) is 18.2 Å². The number of Topliss-reactive ketones (excluding diaryl/α,β-unsaturated/α-hetero) is 1. The summed E-state index contributed by atoms with van der Waals surface area (Å²) in [6, 6.07) is 7.89. The zero-order valence-electron chi connectivity index (χ0n) is 9.25. The molecule has 17 heavy (non-hydrogen) atoms. The van der Waals surface area contributed by atoms with E-state index in [9.17, 15) is 4.79 Å². The summed E-state index contributed by atoms with van der Waals surface area (Å²) < 4.78 is 1.97. The average molecular weight is 242 g/mol. The Balaban J connectivity index is 2.37. The summed E-state index contributed by atoms with van der Waals surface area (Å²) in [4.78, 5) is 15.9. The Morgan fingerprint density at radius 1 is 1.35 bits per heavy atom. The summed E-state index contributed by atoms with van der Waals surface area (Å²) >= 11 is 1.56. The summed E-state index contributed by atoms with van der Waals surface area (Å²) in [6.07, 6.45) is 3.63. The van der Waals surface area contributed by atoms with Gasteiger partial charge >= 0.3 is 0 Å². The maximum absolute atomic E-state index is 11.6. The van der Waals surface area contributed by atoms with Gasteiger partial charge in [-0.2, -0.15) is 0 Å². The molecular weight excluding hydrogens is 232 g/mol. The molecule has 0 aliphatic carbocycles. The zero-order valence-corrected chi connectivity index (χ0v) is 10.1. The number of carbonyl (C=O) groups is 1. The highest BCUT2D eigenvalue weighted by Crippen LogP contribution is 2.25. The first-order chi connectivity index (χ1) is 8.27. The first-order valence-corrected chi connectivity index (χ1v) is 6.16. The van der Waals surface area contributed by atoms with Gasteiger partial charge in [0, 0.05) is 28.7 Å². The SMILES string of the molecule is CC(=O)c1cn(-c2nccs2)c2ccccc12. The second-order valence-corrected chi connectivity index (χ2v) is 4.67. The Hall–Kier alpha value is -1.94. The molecule has 2 aromatic heterocycles. The normalized spacial score (nSPS) is 10.9. The molecule has 0 saturated carbocycles. The number of aromatic nitrogens is 2. The van der Waals surface area contributed by atoms with E-state index < -0.39 is 0 Å². The number of benzene rings is 1. The van der Waals surface area contributed by atoms with Crippen molar-refractivity contribution in [3.8, 4) is 5.13 Å². The van der Waals surface area contributed by atoms with Crippen molar-refractivity contribution in [2.24, 2.45) is 0 Å². The van der Waals surface area contributed by atoms with Crippen LogP contribution in [0, 0.1) is 0 Å². The summed E-state index contributed by atoms with van der Waals surface area (Å²) in [5.41, 5.74) is 1.77. The van der Waals surface area contributed by atoms with E-state index in [1.807, 2.05) is 40.4 Å². The van der Waals surface area contributed by atoms with Crippen LogP contribution >= 0.6 is 11.3 Å². The molecule has 0 N–H and O–H groups in total. The van der Waals surface area contributed by atoms with Crippen molar-refractivity contribution in [2.45, 2.75) is 6.92 Å². The molecule has 1 aromatic carbocycles. The molecule has 84 valence electrons. The second-order valence-electron chi connectivity index (χ2n) is 3.80. The zero-order chi connectivity index (χ0) is 11.8. The van der Waals surface area contributed by atoms with Crippen LogP contribution in [0.15, 0.2) is 42.0 Å². The quantitative estimate of drug-likeness (QED) is 0.646. The number of thiazole rings is 1. The van der Waals surface area contributed by atoms with Crippen molar-refractivity contribution < 1.29 is 4.79 Å². The van der Waals surface area contributed by atoms with Gasteiger partial charge in [-0.25, -0.2) is 4.98 Å². The van der Waals surface area contributed by atoms with E-state index in [4.69, 9.17) is 0 Å². The number of para-hydroxylation sites is 1. The molecule has 0 atom stereocenters. The first kappa shape index (κ1) is 10.2. The highest BCUT2D eigenvalue weighted by atomic mass is 32.1. The summed E-state index contributed by atoms with van der Waals surface area (Å²) in [5, 5.41) is 3.79. The molecule has 0 bridgehead atoms. The second kappa shape index (κ2) is 3.82. The molecular formula is C13H10N2OS. The van der Waals surface area contributed by atoms with Gasteiger partial charge in [0.05, 0.1) is 5.52 Å². The van der Waals surface area contributed by atoms with E-state index in [2.05, 4.69) is 4.98 Å². The van der Waals surface area contributed by atoms with E-state index in [1.54, 1.807) is 24.5 Å². The number of rotatable bonds is 2. The molecule has 0 saturated heterocycles. The van der Waals surface area contributed by atoms with Gasteiger partial charge in [0.15, 0.2) is 10.9 Å².